The molecule has 0 bridgehead atoms. The highest BCUT2D eigenvalue weighted by molar-refractivity contribution is 5.80. The van der Waals surface area contributed by atoms with E-state index in [1.807, 2.05) is 7.05 Å². The topological polar surface area (TPSA) is 46.1 Å². The van der Waals surface area contributed by atoms with Crippen molar-refractivity contribution >= 4 is 5.96 Å². The number of guanidine groups is 1. The van der Waals surface area contributed by atoms with Gasteiger partial charge in [0, 0.05) is 53.1 Å². The fraction of sp³-hybridized carbons (Fsp3) is 0.955. The van der Waals surface area contributed by atoms with Crippen molar-refractivity contribution in [2.75, 3.05) is 53.1 Å². The van der Waals surface area contributed by atoms with Crippen LogP contribution >= 0.6 is 0 Å². The van der Waals surface area contributed by atoms with E-state index in [-0.39, 0.29) is 0 Å². The standard InChI is InChI=1S/C22H41N3O2/c1-23-21(24-13-7-15-27-18-20-8-16-26-17-9-20)25-14-6-12-22(19-25)10-4-2-3-5-11-22/h20H,2-19H2,1H3,(H,23,24). The fourth-order valence-electron chi connectivity index (χ4n) is 5.15. The first-order valence-corrected chi connectivity index (χ1v) is 11.4. The molecule has 2 saturated heterocycles. The zero-order chi connectivity index (χ0) is 18.8. The summed E-state index contributed by atoms with van der Waals surface area (Å²) in [5, 5.41) is 3.59. The summed E-state index contributed by atoms with van der Waals surface area (Å²) in [5.74, 6) is 1.80. The van der Waals surface area contributed by atoms with Gasteiger partial charge in [0.1, 0.15) is 0 Å². The van der Waals surface area contributed by atoms with Gasteiger partial charge in [-0.3, -0.25) is 4.99 Å². The van der Waals surface area contributed by atoms with Crippen LogP contribution in [0.15, 0.2) is 4.99 Å². The Hall–Kier alpha value is -0.810. The van der Waals surface area contributed by atoms with Gasteiger partial charge < -0.3 is 19.7 Å². The molecule has 5 heteroatoms. The molecule has 3 rings (SSSR count). The number of nitrogens with zero attached hydrogens (tertiary/aromatic N) is 2. The predicted octanol–water partition coefficient (Wildman–Crippen LogP) is 3.83. The summed E-state index contributed by atoms with van der Waals surface area (Å²) in [7, 11) is 1.93. The summed E-state index contributed by atoms with van der Waals surface area (Å²) in [6.45, 7) is 6.85. The van der Waals surface area contributed by atoms with Gasteiger partial charge >= 0.3 is 0 Å². The van der Waals surface area contributed by atoms with Crippen molar-refractivity contribution in [2.45, 2.75) is 70.6 Å². The van der Waals surface area contributed by atoms with E-state index in [0.29, 0.717) is 11.3 Å². The molecule has 0 amide bonds. The Kier molecular flexibility index (Phi) is 8.72. The van der Waals surface area contributed by atoms with Gasteiger partial charge in [-0.2, -0.15) is 0 Å². The van der Waals surface area contributed by atoms with Crippen molar-refractivity contribution in [2.24, 2.45) is 16.3 Å². The van der Waals surface area contributed by atoms with E-state index in [1.165, 1.54) is 57.9 Å². The molecular weight excluding hydrogens is 338 g/mol. The number of likely N-dealkylation sites (tertiary alicyclic amines) is 1. The van der Waals surface area contributed by atoms with Crippen LogP contribution in [0, 0.1) is 11.3 Å². The summed E-state index contributed by atoms with van der Waals surface area (Å²) in [4.78, 5) is 7.11. The Morgan fingerprint density at radius 3 is 2.59 bits per heavy atom. The number of ether oxygens (including phenoxy) is 2. The van der Waals surface area contributed by atoms with E-state index >= 15 is 0 Å². The molecule has 27 heavy (non-hydrogen) atoms. The minimum atomic E-state index is 0.555. The van der Waals surface area contributed by atoms with Crippen molar-refractivity contribution in [3.63, 3.8) is 0 Å². The third-order valence-electron chi connectivity index (χ3n) is 6.78. The van der Waals surface area contributed by atoms with Crippen molar-refractivity contribution < 1.29 is 9.47 Å². The maximum atomic E-state index is 5.89. The van der Waals surface area contributed by atoms with Gasteiger partial charge in [-0.05, 0) is 56.3 Å². The van der Waals surface area contributed by atoms with E-state index in [0.717, 1.165) is 64.7 Å². The first-order valence-electron chi connectivity index (χ1n) is 11.4. The number of rotatable bonds is 6. The van der Waals surface area contributed by atoms with Gasteiger partial charge in [-0.25, -0.2) is 0 Å². The molecule has 1 spiro atoms. The quantitative estimate of drug-likeness (QED) is 0.433. The summed E-state index contributed by atoms with van der Waals surface area (Å²) in [6, 6.07) is 0. The van der Waals surface area contributed by atoms with Crippen LogP contribution in [0.5, 0.6) is 0 Å². The van der Waals surface area contributed by atoms with Gasteiger partial charge in [-0.15, -0.1) is 0 Å². The highest BCUT2D eigenvalue weighted by Crippen LogP contribution is 2.42. The average molecular weight is 380 g/mol. The first kappa shape index (κ1) is 20.9. The van der Waals surface area contributed by atoms with Crippen LogP contribution in [0.3, 0.4) is 0 Å². The van der Waals surface area contributed by atoms with E-state index in [9.17, 15) is 0 Å². The predicted molar refractivity (Wildman–Crippen MR) is 111 cm³/mol. The summed E-state index contributed by atoms with van der Waals surface area (Å²) >= 11 is 0. The molecule has 0 radical (unpaired) electrons. The molecule has 1 saturated carbocycles. The monoisotopic (exact) mass is 379 g/mol. The fourth-order valence-corrected chi connectivity index (χ4v) is 5.15. The van der Waals surface area contributed by atoms with Gasteiger partial charge in [0.25, 0.3) is 0 Å². The Balaban J connectivity index is 1.34. The van der Waals surface area contributed by atoms with Crippen LogP contribution < -0.4 is 5.32 Å². The number of hydrogen-bond acceptors (Lipinski definition) is 3. The largest absolute Gasteiger partial charge is 0.381 e. The third-order valence-corrected chi connectivity index (χ3v) is 6.78. The number of hydrogen-bond donors (Lipinski definition) is 1. The third kappa shape index (κ3) is 6.63. The number of aliphatic imine (C=N–C) groups is 1. The lowest BCUT2D eigenvalue weighted by Crippen LogP contribution is -2.50. The summed E-state index contributed by atoms with van der Waals surface area (Å²) in [6.07, 6.45) is 14.6. The second-order valence-electron chi connectivity index (χ2n) is 8.90. The normalized spacial score (nSPS) is 24.8. The minimum Gasteiger partial charge on any atom is -0.381 e. The van der Waals surface area contributed by atoms with E-state index in [1.54, 1.807) is 0 Å². The van der Waals surface area contributed by atoms with Crippen LogP contribution in [0.25, 0.3) is 0 Å². The van der Waals surface area contributed by atoms with Crippen LogP contribution in [0.1, 0.15) is 70.6 Å². The number of piperidine rings is 1. The molecule has 1 aliphatic carbocycles. The second kappa shape index (κ2) is 11.3. The Morgan fingerprint density at radius 1 is 1.11 bits per heavy atom. The molecule has 5 nitrogen and oxygen atoms in total. The molecule has 1 N–H and O–H groups in total. The summed E-state index contributed by atoms with van der Waals surface area (Å²) in [5.41, 5.74) is 0.555. The molecule has 0 unspecified atom stereocenters. The molecule has 0 aromatic heterocycles. The van der Waals surface area contributed by atoms with Crippen molar-refractivity contribution in [1.82, 2.24) is 10.2 Å². The zero-order valence-corrected chi connectivity index (χ0v) is 17.5. The lowest BCUT2D eigenvalue weighted by atomic mass is 9.74. The molecule has 2 heterocycles. The second-order valence-corrected chi connectivity index (χ2v) is 8.90. The molecule has 0 atom stereocenters. The highest BCUT2D eigenvalue weighted by atomic mass is 16.5. The smallest absolute Gasteiger partial charge is 0.193 e. The molecule has 2 aliphatic heterocycles. The molecule has 3 fully saturated rings. The van der Waals surface area contributed by atoms with Crippen LogP contribution in [-0.2, 0) is 9.47 Å². The van der Waals surface area contributed by atoms with Crippen molar-refractivity contribution in [1.29, 1.82) is 0 Å². The zero-order valence-electron chi connectivity index (χ0n) is 17.5. The molecule has 3 aliphatic rings. The Bertz CT molecular complexity index is 441. The van der Waals surface area contributed by atoms with E-state index in [2.05, 4.69) is 15.2 Å². The van der Waals surface area contributed by atoms with Crippen LogP contribution in [0.2, 0.25) is 0 Å². The molecular formula is C22H41N3O2. The lowest BCUT2D eigenvalue weighted by Gasteiger charge is -2.44. The van der Waals surface area contributed by atoms with Crippen LogP contribution in [0.4, 0.5) is 0 Å². The van der Waals surface area contributed by atoms with E-state index in [4.69, 9.17) is 9.47 Å². The summed E-state index contributed by atoms with van der Waals surface area (Å²) < 4.78 is 11.3. The highest BCUT2D eigenvalue weighted by Gasteiger charge is 2.36. The van der Waals surface area contributed by atoms with Gasteiger partial charge in [0.2, 0.25) is 0 Å². The molecule has 0 aromatic rings. The average Bonchev–Trinajstić information content (AvgIpc) is 2.93. The first-order chi connectivity index (χ1) is 13.3. The van der Waals surface area contributed by atoms with Crippen LogP contribution in [-0.4, -0.2) is 64.0 Å². The maximum absolute atomic E-state index is 5.89. The van der Waals surface area contributed by atoms with E-state index < -0.39 is 0 Å². The SMILES string of the molecule is CN=C(NCCCOCC1CCOCC1)N1CCCC2(CCCCCC2)C1. The van der Waals surface area contributed by atoms with Gasteiger partial charge in [0.15, 0.2) is 5.96 Å². The van der Waals surface area contributed by atoms with Crippen molar-refractivity contribution in [3.8, 4) is 0 Å². The molecule has 0 aromatic carbocycles. The number of nitrogens with one attached hydrogen (secondary N) is 1. The Morgan fingerprint density at radius 2 is 1.85 bits per heavy atom. The minimum absolute atomic E-state index is 0.555. The lowest BCUT2D eigenvalue weighted by molar-refractivity contribution is 0.0203. The van der Waals surface area contributed by atoms with Crippen molar-refractivity contribution in [3.05, 3.63) is 0 Å². The maximum Gasteiger partial charge on any atom is 0.193 e. The molecule has 156 valence electrons. The van der Waals surface area contributed by atoms with Gasteiger partial charge in [0.05, 0.1) is 0 Å². The Labute approximate surface area is 166 Å². The van der Waals surface area contributed by atoms with Gasteiger partial charge in [-0.1, -0.05) is 25.7 Å².